The number of carbonyl (C=O) groups is 1. The van der Waals surface area contributed by atoms with Gasteiger partial charge in [-0.05, 0) is 46.1 Å². The molecular weight excluding hydrogens is 290 g/mol. The lowest BCUT2D eigenvalue weighted by atomic mass is 9.90. The molecule has 0 bridgehead atoms. The standard InChI is InChI=1S/C18H27N3O2/c1-13(2)21-16(8-9-19-21)17-15(7-5-11-23-17)18(22)20-10-4-6-14(3)12-20/h6,8-9,13,15,17H,4-5,7,10-12H2,1-3H3/t15-,17-/m1/s1. The maximum Gasteiger partial charge on any atom is 0.229 e. The Bertz CT molecular complexity index is 591. The van der Waals surface area contributed by atoms with Gasteiger partial charge in [0.25, 0.3) is 0 Å². The van der Waals surface area contributed by atoms with E-state index in [2.05, 4.69) is 31.9 Å². The molecule has 126 valence electrons. The van der Waals surface area contributed by atoms with Crippen molar-refractivity contribution in [2.24, 2.45) is 5.92 Å². The first-order valence-electron chi connectivity index (χ1n) is 8.67. The molecule has 2 aliphatic heterocycles. The number of ether oxygens (including phenoxy) is 1. The zero-order chi connectivity index (χ0) is 16.4. The second-order valence-electron chi connectivity index (χ2n) is 6.93. The smallest absolute Gasteiger partial charge is 0.229 e. The number of hydrogen-bond donors (Lipinski definition) is 0. The third-order valence-electron chi connectivity index (χ3n) is 4.76. The molecule has 1 saturated heterocycles. The monoisotopic (exact) mass is 317 g/mol. The van der Waals surface area contributed by atoms with Crippen LogP contribution in [0.25, 0.3) is 0 Å². The molecule has 1 fully saturated rings. The van der Waals surface area contributed by atoms with Gasteiger partial charge in [-0.25, -0.2) is 0 Å². The Labute approximate surface area is 138 Å². The Kier molecular flexibility index (Phi) is 4.85. The minimum atomic E-state index is -0.174. The van der Waals surface area contributed by atoms with Crippen molar-refractivity contribution in [1.82, 2.24) is 14.7 Å². The minimum absolute atomic E-state index is 0.0937. The van der Waals surface area contributed by atoms with Gasteiger partial charge in [-0.3, -0.25) is 9.48 Å². The van der Waals surface area contributed by atoms with E-state index < -0.39 is 0 Å². The second kappa shape index (κ2) is 6.87. The first-order valence-corrected chi connectivity index (χ1v) is 8.67. The molecule has 3 rings (SSSR count). The highest BCUT2D eigenvalue weighted by Crippen LogP contribution is 2.36. The molecule has 3 heterocycles. The number of nitrogens with zero attached hydrogens (tertiary/aromatic N) is 3. The highest BCUT2D eigenvalue weighted by atomic mass is 16.5. The first-order chi connectivity index (χ1) is 11.1. The van der Waals surface area contributed by atoms with Crippen LogP contribution in [0.2, 0.25) is 0 Å². The van der Waals surface area contributed by atoms with E-state index in [-0.39, 0.29) is 24.0 Å². The van der Waals surface area contributed by atoms with Crippen molar-refractivity contribution in [3.8, 4) is 0 Å². The van der Waals surface area contributed by atoms with Crippen molar-refractivity contribution in [3.63, 3.8) is 0 Å². The molecule has 1 amide bonds. The molecule has 0 unspecified atom stereocenters. The van der Waals surface area contributed by atoms with E-state index in [1.807, 2.05) is 21.8 Å². The van der Waals surface area contributed by atoms with Crippen LogP contribution >= 0.6 is 0 Å². The normalized spacial score (nSPS) is 25.6. The number of hydrogen-bond acceptors (Lipinski definition) is 3. The predicted octanol–water partition coefficient (Wildman–Crippen LogP) is 3.11. The maximum absolute atomic E-state index is 13.1. The molecule has 5 heteroatoms. The molecule has 5 nitrogen and oxygen atoms in total. The van der Waals surface area contributed by atoms with E-state index in [1.165, 1.54) is 5.57 Å². The van der Waals surface area contributed by atoms with E-state index in [0.717, 1.165) is 44.7 Å². The minimum Gasteiger partial charge on any atom is -0.371 e. The van der Waals surface area contributed by atoms with Gasteiger partial charge in [0, 0.05) is 31.9 Å². The van der Waals surface area contributed by atoms with Crippen LogP contribution < -0.4 is 0 Å². The summed E-state index contributed by atoms with van der Waals surface area (Å²) in [7, 11) is 0. The lowest BCUT2D eigenvalue weighted by Gasteiger charge is -2.36. The summed E-state index contributed by atoms with van der Waals surface area (Å²) in [5, 5.41) is 4.41. The van der Waals surface area contributed by atoms with Crippen LogP contribution in [0.15, 0.2) is 23.9 Å². The van der Waals surface area contributed by atoms with Crippen LogP contribution in [0.4, 0.5) is 0 Å². The lowest BCUT2D eigenvalue weighted by Crippen LogP contribution is -2.43. The van der Waals surface area contributed by atoms with Crippen LogP contribution in [0.1, 0.15) is 57.9 Å². The van der Waals surface area contributed by atoms with Crippen molar-refractivity contribution in [2.75, 3.05) is 19.7 Å². The SMILES string of the molecule is CC1=CCCN(C(=O)[C@@H]2CCCO[C@H]2c2ccnn2C(C)C)C1. The second-order valence-corrected chi connectivity index (χ2v) is 6.93. The number of aromatic nitrogens is 2. The fourth-order valence-electron chi connectivity index (χ4n) is 3.64. The number of carbonyl (C=O) groups excluding carboxylic acids is 1. The van der Waals surface area contributed by atoms with Crippen LogP contribution in [-0.4, -0.2) is 40.3 Å². The average Bonchev–Trinajstić information content (AvgIpc) is 3.04. The van der Waals surface area contributed by atoms with Gasteiger partial charge in [-0.1, -0.05) is 11.6 Å². The van der Waals surface area contributed by atoms with E-state index in [0.29, 0.717) is 0 Å². The fraction of sp³-hybridized carbons (Fsp3) is 0.667. The third kappa shape index (κ3) is 3.34. The quantitative estimate of drug-likeness (QED) is 0.805. The van der Waals surface area contributed by atoms with Gasteiger partial charge in [-0.15, -0.1) is 0 Å². The lowest BCUT2D eigenvalue weighted by molar-refractivity contribution is -0.145. The van der Waals surface area contributed by atoms with E-state index in [4.69, 9.17) is 4.74 Å². The first kappa shape index (κ1) is 16.2. The van der Waals surface area contributed by atoms with E-state index >= 15 is 0 Å². The Morgan fingerprint density at radius 2 is 2.26 bits per heavy atom. The summed E-state index contributed by atoms with van der Waals surface area (Å²) >= 11 is 0. The average molecular weight is 317 g/mol. The van der Waals surface area contributed by atoms with Gasteiger partial charge in [0.15, 0.2) is 0 Å². The van der Waals surface area contributed by atoms with Crippen molar-refractivity contribution >= 4 is 5.91 Å². The van der Waals surface area contributed by atoms with Gasteiger partial charge in [0.05, 0.1) is 11.6 Å². The zero-order valence-electron chi connectivity index (χ0n) is 14.4. The van der Waals surface area contributed by atoms with Crippen molar-refractivity contribution in [1.29, 1.82) is 0 Å². The zero-order valence-corrected chi connectivity index (χ0v) is 14.4. The highest BCUT2D eigenvalue weighted by Gasteiger charge is 2.37. The number of amides is 1. The molecule has 2 aliphatic rings. The molecule has 0 aliphatic carbocycles. The summed E-state index contributed by atoms with van der Waals surface area (Å²) < 4.78 is 8.03. The maximum atomic E-state index is 13.1. The Morgan fingerprint density at radius 1 is 1.43 bits per heavy atom. The highest BCUT2D eigenvalue weighted by molar-refractivity contribution is 5.80. The van der Waals surface area contributed by atoms with Crippen LogP contribution in [0.5, 0.6) is 0 Å². The molecular formula is C18H27N3O2. The summed E-state index contributed by atoms with van der Waals surface area (Å²) in [4.78, 5) is 15.1. The Morgan fingerprint density at radius 3 is 3.00 bits per heavy atom. The molecule has 0 spiro atoms. The summed E-state index contributed by atoms with van der Waals surface area (Å²) in [5.41, 5.74) is 2.31. The van der Waals surface area contributed by atoms with Gasteiger partial charge < -0.3 is 9.64 Å². The molecule has 1 aromatic rings. The summed E-state index contributed by atoms with van der Waals surface area (Å²) in [6, 6.07) is 2.26. The molecule has 0 radical (unpaired) electrons. The van der Waals surface area contributed by atoms with Crippen molar-refractivity contribution in [2.45, 2.75) is 52.2 Å². The summed E-state index contributed by atoms with van der Waals surface area (Å²) in [6.45, 7) is 8.61. The molecule has 2 atom stereocenters. The van der Waals surface area contributed by atoms with Gasteiger partial charge in [-0.2, -0.15) is 5.10 Å². The van der Waals surface area contributed by atoms with E-state index in [1.54, 1.807) is 0 Å². The third-order valence-corrected chi connectivity index (χ3v) is 4.76. The van der Waals surface area contributed by atoms with E-state index in [9.17, 15) is 4.79 Å². The number of rotatable bonds is 3. The molecule has 0 saturated carbocycles. The van der Waals surface area contributed by atoms with Crippen LogP contribution in [0, 0.1) is 5.92 Å². The van der Waals surface area contributed by atoms with Crippen molar-refractivity contribution in [3.05, 3.63) is 29.6 Å². The molecule has 23 heavy (non-hydrogen) atoms. The molecule has 0 N–H and O–H groups in total. The van der Waals surface area contributed by atoms with Crippen LogP contribution in [-0.2, 0) is 9.53 Å². The van der Waals surface area contributed by atoms with Crippen molar-refractivity contribution < 1.29 is 9.53 Å². The largest absolute Gasteiger partial charge is 0.371 e. The summed E-state index contributed by atoms with van der Waals surface area (Å²) in [6.07, 6.45) is 6.67. The van der Waals surface area contributed by atoms with Crippen LogP contribution in [0.3, 0.4) is 0 Å². The molecule has 0 aromatic carbocycles. The van der Waals surface area contributed by atoms with Gasteiger partial charge in [0.2, 0.25) is 5.91 Å². The summed E-state index contributed by atoms with van der Waals surface area (Å²) in [5.74, 6) is 0.141. The predicted molar refractivity (Wildman–Crippen MR) is 89.0 cm³/mol. The van der Waals surface area contributed by atoms with Gasteiger partial charge in [0.1, 0.15) is 6.10 Å². The fourth-order valence-corrected chi connectivity index (χ4v) is 3.64. The Balaban J connectivity index is 1.82. The van der Waals surface area contributed by atoms with Gasteiger partial charge >= 0.3 is 0 Å². The Hall–Kier alpha value is -1.62. The molecule has 1 aromatic heterocycles. The topological polar surface area (TPSA) is 47.4 Å².